The van der Waals surface area contributed by atoms with Gasteiger partial charge in [-0.25, -0.2) is 0 Å². The van der Waals surface area contributed by atoms with Crippen molar-refractivity contribution >= 4 is 23.1 Å². The average molecular weight is 208 g/mol. The van der Waals surface area contributed by atoms with Crippen LogP contribution < -0.4 is 0 Å². The summed E-state index contributed by atoms with van der Waals surface area (Å²) < 4.78 is 0. The Labute approximate surface area is 94.4 Å². The van der Waals surface area contributed by atoms with Crippen LogP contribution in [0.2, 0.25) is 0 Å². The number of benzene rings is 2. The van der Waals surface area contributed by atoms with Gasteiger partial charge in [0.25, 0.3) is 0 Å². The van der Waals surface area contributed by atoms with Crippen LogP contribution in [-0.2, 0) is 11.2 Å². The van der Waals surface area contributed by atoms with Crippen LogP contribution in [0.15, 0.2) is 42.5 Å². The van der Waals surface area contributed by atoms with Crippen LogP contribution in [0.4, 0.5) is 0 Å². The minimum absolute atomic E-state index is 0.0497. The van der Waals surface area contributed by atoms with Gasteiger partial charge in [-0.2, -0.15) is 0 Å². The first-order valence-electron chi connectivity index (χ1n) is 5.52. The molecule has 3 rings (SSSR count). The summed E-state index contributed by atoms with van der Waals surface area (Å²) >= 11 is 0. The molecule has 1 aliphatic rings. The molecule has 0 radical (unpaired) electrons. The van der Waals surface area contributed by atoms with Gasteiger partial charge < -0.3 is 4.79 Å². The Balaban J connectivity index is 2.19. The average Bonchev–Trinajstić information content (AvgIpc) is 2.35. The van der Waals surface area contributed by atoms with E-state index >= 15 is 0 Å². The third-order valence-corrected chi connectivity index (χ3v) is 3.16. The first-order valence-corrected chi connectivity index (χ1v) is 5.52. The van der Waals surface area contributed by atoms with Gasteiger partial charge in [-0.1, -0.05) is 42.5 Å². The highest BCUT2D eigenvalue weighted by atomic mass is 16.1. The quantitative estimate of drug-likeness (QED) is 0.657. The number of hydrogen-bond acceptors (Lipinski definition) is 1. The van der Waals surface area contributed by atoms with Crippen LogP contribution in [0.5, 0.6) is 0 Å². The van der Waals surface area contributed by atoms with Crippen molar-refractivity contribution < 1.29 is 4.79 Å². The number of allylic oxidation sites excluding steroid dienone is 1. The van der Waals surface area contributed by atoms with Gasteiger partial charge in [0, 0.05) is 5.92 Å². The summed E-state index contributed by atoms with van der Waals surface area (Å²) in [5.41, 5.74) is 2.52. The molecule has 1 aliphatic carbocycles. The van der Waals surface area contributed by atoms with E-state index in [1.165, 1.54) is 21.9 Å². The summed E-state index contributed by atoms with van der Waals surface area (Å²) in [6.07, 6.45) is 5.91. The Morgan fingerprint density at radius 3 is 2.62 bits per heavy atom. The van der Waals surface area contributed by atoms with Crippen molar-refractivity contribution in [1.29, 1.82) is 0 Å². The van der Waals surface area contributed by atoms with E-state index in [1.807, 2.05) is 12.1 Å². The molecular weight excluding hydrogens is 196 g/mol. The Morgan fingerprint density at radius 1 is 1.12 bits per heavy atom. The van der Waals surface area contributed by atoms with E-state index in [1.54, 1.807) is 0 Å². The fraction of sp³-hybridized carbons (Fsp3) is 0.133. The van der Waals surface area contributed by atoms with Gasteiger partial charge in [-0.15, -0.1) is 0 Å². The molecule has 2 aromatic carbocycles. The second kappa shape index (κ2) is 3.60. The van der Waals surface area contributed by atoms with E-state index in [4.69, 9.17) is 0 Å². The predicted octanol–water partition coefficient (Wildman–Crippen LogP) is 3.22. The second-order valence-electron chi connectivity index (χ2n) is 4.26. The predicted molar refractivity (Wildman–Crippen MR) is 66.2 cm³/mol. The monoisotopic (exact) mass is 208 g/mol. The van der Waals surface area contributed by atoms with Crippen molar-refractivity contribution in [2.24, 2.45) is 5.92 Å². The van der Waals surface area contributed by atoms with Crippen LogP contribution in [0.25, 0.3) is 16.8 Å². The molecule has 0 aliphatic heterocycles. The summed E-state index contributed by atoms with van der Waals surface area (Å²) in [5.74, 6) is 0.0497. The van der Waals surface area contributed by atoms with E-state index in [2.05, 4.69) is 36.4 Å². The highest BCUT2D eigenvalue weighted by Gasteiger charge is 2.13. The van der Waals surface area contributed by atoms with Crippen LogP contribution in [0.1, 0.15) is 11.1 Å². The van der Waals surface area contributed by atoms with Gasteiger partial charge in [0.15, 0.2) is 0 Å². The SMILES string of the molecule is O=CC1C=Cc2cc3ccccc3cc2C1. The minimum atomic E-state index is 0.0497. The molecule has 0 saturated heterocycles. The molecule has 0 amide bonds. The zero-order valence-electron chi connectivity index (χ0n) is 8.89. The maximum atomic E-state index is 10.8. The fourth-order valence-corrected chi connectivity index (χ4v) is 2.28. The highest BCUT2D eigenvalue weighted by Crippen LogP contribution is 2.26. The van der Waals surface area contributed by atoms with E-state index < -0.39 is 0 Å². The normalized spacial score (nSPS) is 18.4. The lowest BCUT2D eigenvalue weighted by atomic mass is 9.88. The van der Waals surface area contributed by atoms with E-state index in [9.17, 15) is 4.79 Å². The smallest absolute Gasteiger partial charge is 0.127 e. The van der Waals surface area contributed by atoms with Crippen molar-refractivity contribution in [1.82, 2.24) is 0 Å². The van der Waals surface area contributed by atoms with Crippen molar-refractivity contribution in [2.75, 3.05) is 0 Å². The second-order valence-corrected chi connectivity index (χ2v) is 4.26. The van der Waals surface area contributed by atoms with Gasteiger partial charge in [-0.05, 0) is 34.4 Å². The number of hydrogen-bond donors (Lipinski definition) is 0. The van der Waals surface area contributed by atoms with E-state index in [0.29, 0.717) is 0 Å². The van der Waals surface area contributed by atoms with Crippen LogP contribution in [0.3, 0.4) is 0 Å². The molecule has 1 nitrogen and oxygen atoms in total. The summed E-state index contributed by atoms with van der Waals surface area (Å²) in [7, 11) is 0. The molecule has 0 N–H and O–H groups in total. The lowest BCUT2D eigenvalue weighted by molar-refractivity contribution is -0.109. The minimum Gasteiger partial charge on any atom is -0.303 e. The molecule has 0 fully saturated rings. The Kier molecular flexibility index (Phi) is 2.10. The lowest BCUT2D eigenvalue weighted by Crippen LogP contribution is -2.07. The molecule has 0 heterocycles. The fourth-order valence-electron chi connectivity index (χ4n) is 2.28. The molecule has 0 aromatic heterocycles. The molecule has 78 valence electrons. The van der Waals surface area contributed by atoms with Gasteiger partial charge in [0.2, 0.25) is 0 Å². The van der Waals surface area contributed by atoms with Crippen molar-refractivity contribution in [3.05, 3.63) is 53.6 Å². The van der Waals surface area contributed by atoms with Gasteiger partial charge >= 0.3 is 0 Å². The van der Waals surface area contributed by atoms with Crippen LogP contribution in [-0.4, -0.2) is 6.29 Å². The van der Waals surface area contributed by atoms with Crippen molar-refractivity contribution in [2.45, 2.75) is 6.42 Å². The maximum absolute atomic E-state index is 10.8. The van der Waals surface area contributed by atoms with Crippen LogP contribution >= 0.6 is 0 Å². The molecule has 2 aromatic rings. The number of carbonyl (C=O) groups is 1. The number of carbonyl (C=O) groups excluding carboxylic acids is 1. The third-order valence-electron chi connectivity index (χ3n) is 3.16. The first-order chi connectivity index (χ1) is 7.86. The largest absolute Gasteiger partial charge is 0.303 e. The first kappa shape index (κ1) is 9.34. The third kappa shape index (κ3) is 1.45. The van der Waals surface area contributed by atoms with E-state index in [-0.39, 0.29) is 5.92 Å². The molecule has 1 heteroatoms. The van der Waals surface area contributed by atoms with E-state index in [0.717, 1.165) is 12.7 Å². The molecule has 1 unspecified atom stereocenters. The highest BCUT2D eigenvalue weighted by molar-refractivity contribution is 5.86. The van der Waals surface area contributed by atoms with Crippen molar-refractivity contribution in [3.63, 3.8) is 0 Å². The summed E-state index contributed by atoms with van der Waals surface area (Å²) in [4.78, 5) is 10.8. The standard InChI is InChI=1S/C15H12O/c16-10-11-5-6-14-8-12-3-1-2-4-13(12)9-15(14)7-11/h1-6,8-11H,7H2. The summed E-state index contributed by atoms with van der Waals surface area (Å²) in [5, 5.41) is 2.51. The molecule has 16 heavy (non-hydrogen) atoms. The molecule has 0 bridgehead atoms. The Hall–Kier alpha value is -1.89. The molecule has 1 atom stereocenters. The number of fused-ring (bicyclic) bond motifs is 2. The summed E-state index contributed by atoms with van der Waals surface area (Å²) in [6, 6.07) is 12.7. The van der Waals surface area contributed by atoms with Crippen LogP contribution in [0, 0.1) is 5.92 Å². The zero-order valence-corrected chi connectivity index (χ0v) is 8.89. The van der Waals surface area contributed by atoms with Gasteiger partial charge in [0.1, 0.15) is 6.29 Å². The van der Waals surface area contributed by atoms with Gasteiger partial charge in [-0.3, -0.25) is 0 Å². The molecule has 0 saturated carbocycles. The Bertz CT molecular complexity index is 581. The van der Waals surface area contributed by atoms with Gasteiger partial charge in [0.05, 0.1) is 0 Å². The zero-order chi connectivity index (χ0) is 11.0. The lowest BCUT2D eigenvalue weighted by Gasteiger charge is -2.15. The molecule has 0 spiro atoms. The maximum Gasteiger partial charge on any atom is 0.127 e. The molecular formula is C15H12O. The topological polar surface area (TPSA) is 17.1 Å². The van der Waals surface area contributed by atoms with Crippen molar-refractivity contribution in [3.8, 4) is 0 Å². The number of rotatable bonds is 1. The number of aldehydes is 1. The Morgan fingerprint density at radius 2 is 1.88 bits per heavy atom. The summed E-state index contributed by atoms with van der Waals surface area (Å²) in [6.45, 7) is 0.